The molecule has 0 unspecified atom stereocenters. The molecule has 1 aromatic carbocycles. The topological polar surface area (TPSA) is 0 Å². The first-order valence-electron chi connectivity index (χ1n) is 2.73. The van der Waals surface area contributed by atoms with Gasteiger partial charge in [0.05, 0.1) is 5.02 Å². The second kappa shape index (κ2) is 3.65. The van der Waals surface area contributed by atoms with E-state index in [4.69, 9.17) is 11.6 Å². The summed E-state index contributed by atoms with van der Waals surface area (Å²) >= 11 is 10.8. The number of hydrogen-bond acceptors (Lipinski definition) is 1. The molecule has 0 atom stereocenters. The van der Waals surface area contributed by atoms with Crippen molar-refractivity contribution < 1.29 is 0 Å². The van der Waals surface area contributed by atoms with E-state index in [-0.39, 0.29) is 0 Å². The third kappa shape index (κ3) is 1.91. The number of benzene rings is 1. The summed E-state index contributed by atoms with van der Waals surface area (Å²) in [5, 5.41) is 0.762. The Hall–Kier alpha value is 0.340. The fourth-order valence-electron chi connectivity index (χ4n) is 0.604. The minimum absolute atomic E-state index is 0.762. The second-order valence-electron chi connectivity index (χ2n) is 1.78. The molecule has 54 valence electrons. The van der Waals surface area contributed by atoms with Crippen LogP contribution < -0.4 is 0 Å². The van der Waals surface area contributed by atoms with Crippen molar-refractivity contribution >= 4 is 39.3 Å². The molecule has 0 fully saturated rings. The molecule has 1 rings (SSSR count). The Bertz CT molecular complexity index is 237. The number of hydrogen-bond donors (Lipinski definition) is 0. The summed E-state index contributed by atoms with van der Waals surface area (Å²) in [6, 6.07) is 5.89. The van der Waals surface area contributed by atoms with Crippen molar-refractivity contribution in [3.8, 4) is 0 Å². The molecule has 0 N–H and O–H groups in total. The van der Waals surface area contributed by atoms with E-state index in [1.54, 1.807) is 11.8 Å². The van der Waals surface area contributed by atoms with E-state index in [2.05, 4.69) is 15.9 Å². The van der Waals surface area contributed by atoms with Gasteiger partial charge < -0.3 is 0 Å². The second-order valence-corrected chi connectivity index (χ2v) is 3.92. The first-order chi connectivity index (χ1) is 4.74. The van der Waals surface area contributed by atoms with Gasteiger partial charge in [0.15, 0.2) is 0 Å². The average molecular weight is 238 g/mol. The van der Waals surface area contributed by atoms with Crippen molar-refractivity contribution in [3.05, 3.63) is 27.7 Å². The molecule has 0 amide bonds. The molecule has 0 heterocycles. The van der Waals surface area contributed by atoms with Crippen molar-refractivity contribution in [1.82, 2.24) is 0 Å². The first kappa shape index (κ1) is 8.44. The van der Waals surface area contributed by atoms with Crippen LogP contribution in [0.4, 0.5) is 0 Å². The van der Waals surface area contributed by atoms with Crippen LogP contribution in [-0.2, 0) is 0 Å². The van der Waals surface area contributed by atoms with E-state index in [1.807, 2.05) is 24.5 Å². The first-order valence-corrected chi connectivity index (χ1v) is 5.12. The predicted octanol–water partition coefficient (Wildman–Crippen LogP) is 3.82. The summed E-state index contributed by atoms with van der Waals surface area (Å²) < 4.78 is 0.959. The Labute approximate surface area is 78.1 Å². The van der Waals surface area contributed by atoms with Gasteiger partial charge in [-0.1, -0.05) is 11.6 Å². The van der Waals surface area contributed by atoms with Gasteiger partial charge in [-0.05, 0) is 40.4 Å². The van der Waals surface area contributed by atoms with Crippen LogP contribution >= 0.6 is 39.3 Å². The molecule has 1 aromatic rings. The van der Waals surface area contributed by atoms with Crippen LogP contribution in [0.2, 0.25) is 5.02 Å². The lowest BCUT2D eigenvalue weighted by Gasteiger charge is -1.97. The van der Waals surface area contributed by atoms with Gasteiger partial charge in [0.25, 0.3) is 0 Å². The van der Waals surface area contributed by atoms with Gasteiger partial charge in [-0.3, -0.25) is 0 Å². The molecule has 0 radical (unpaired) electrons. The van der Waals surface area contributed by atoms with Crippen LogP contribution in [0, 0.1) is 0 Å². The van der Waals surface area contributed by atoms with Crippen molar-refractivity contribution in [2.45, 2.75) is 4.90 Å². The highest BCUT2D eigenvalue weighted by molar-refractivity contribution is 9.10. The van der Waals surface area contributed by atoms with Gasteiger partial charge in [0, 0.05) is 9.37 Å². The van der Waals surface area contributed by atoms with Crippen LogP contribution in [0.15, 0.2) is 27.6 Å². The van der Waals surface area contributed by atoms with Crippen LogP contribution in [0.3, 0.4) is 0 Å². The lowest BCUT2D eigenvalue weighted by atomic mass is 10.4. The summed E-state index contributed by atoms with van der Waals surface area (Å²) in [6.07, 6.45) is 2.04. The van der Waals surface area contributed by atoms with Crippen molar-refractivity contribution in [2.24, 2.45) is 0 Å². The zero-order chi connectivity index (χ0) is 7.56. The third-order valence-corrected chi connectivity index (χ3v) is 3.07. The van der Waals surface area contributed by atoms with E-state index < -0.39 is 0 Å². The SMILES string of the molecule is CSc1ccc(Cl)c(Br)c1. The van der Waals surface area contributed by atoms with E-state index in [9.17, 15) is 0 Å². The normalized spacial score (nSPS) is 9.90. The standard InChI is InChI=1S/C7H6BrClS/c1-10-5-2-3-7(9)6(8)4-5/h2-4H,1H3. The fraction of sp³-hybridized carbons (Fsp3) is 0.143. The summed E-state index contributed by atoms with van der Waals surface area (Å²) in [5.41, 5.74) is 0. The Kier molecular flexibility index (Phi) is 3.08. The highest BCUT2D eigenvalue weighted by Crippen LogP contribution is 2.26. The van der Waals surface area contributed by atoms with E-state index in [1.165, 1.54) is 4.90 Å². The largest absolute Gasteiger partial charge is 0.130 e. The molecule has 0 bridgehead atoms. The van der Waals surface area contributed by atoms with E-state index in [0.717, 1.165) is 9.50 Å². The molecule has 0 saturated carbocycles. The highest BCUT2D eigenvalue weighted by atomic mass is 79.9. The maximum atomic E-state index is 5.78. The molecule has 0 spiro atoms. The number of rotatable bonds is 1. The van der Waals surface area contributed by atoms with Gasteiger partial charge in [0.2, 0.25) is 0 Å². The molecule has 10 heavy (non-hydrogen) atoms. The molecular weight excluding hydrogens is 232 g/mol. The third-order valence-electron chi connectivity index (χ3n) is 1.13. The molecule has 0 aliphatic heterocycles. The molecular formula is C7H6BrClS. The summed E-state index contributed by atoms with van der Waals surface area (Å²) in [4.78, 5) is 1.22. The lowest BCUT2D eigenvalue weighted by Crippen LogP contribution is -1.70. The zero-order valence-corrected chi connectivity index (χ0v) is 8.55. The zero-order valence-electron chi connectivity index (χ0n) is 5.40. The molecule has 0 aromatic heterocycles. The molecule has 0 saturated heterocycles. The Balaban J connectivity index is 3.04. The monoisotopic (exact) mass is 236 g/mol. The summed E-state index contributed by atoms with van der Waals surface area (Å²) in [7, 11) is 0. The maximum absolute atomic E-state index is 5.78. The fourth-order valence-corrected chi connectivity index (χ4v) is 1.69. The Morgan fingerprint density at radius 2 is 2.20 bits per heavy atom. The Morgan fingerprint density at radius 1 is 1.50 bits per heavy atom. The van der Waals surface area contributed by atoms with Crippen LogP contribution in [-0.4, -0.2) is 6.26 Å². The predicted molar refractivity (Wildman–Crippen MR) is 50.9 cm³/mol. The minimum atomic E-state index is 0.762. The van der Waals surface area contributed by atoms with Gasteiger partial charge >= 0.3 is 0 Å². The van der Waals surface area contributed by atoms with E-state index in [0.29, 0.717) is 0 Å². The minimum Gasteiger partial charge on any atom is -0.130 e. The Morgan fingerprint density at radius 3 is 2.70 bits per heavy atom. The van der Waals surface area contributed by atoms with Gasteiger partial charge in [0.1, 0.15) is 0 Å². The quantitative estimate of drug-likeness (QED) is 0.669. The smallest absolute Gasteiger partial charge is 0.0548 e. The van der Waals surface area contributed by atoms with Crippen molar-refractivity contribution in [2.75, 3.05) is 6.26 Å². The molecule has 0 nitrogen and oxygen atoms in total. The highest BCUT2D eigenvalue weighted by Gasteiger charge is 1.96. The van der Waals surface area contributed by atoms with Crippen molar-refractivity contribution in [1.29, 1.82) is 0 Å². The summed E-state index contributed by atoms with van der Waals surface area (Å²) in [6.45, 7) is 0. The van der Waals surface area contributed by atoms with Crippen LogP contribution in [0.25, 0.3) is 0 Å². The molecule has 3 heteroatoms. The molecule has 0 aliphatic rings. The van der Waals surface area contributed by atoms with Gasteiger partial charge in [-0.25, -0.2) is 0 Å². The van der Waals surface area contributed by atoms with Crippen LogP contribution in [0.1, 0.15) is 0 Å². The number of thioether (sulfide) groups is 1. The van der Waals surface area contributed by atoms with Gasteiger partial charge in [-0.2, -0.15) is 0 Å². The summed E-state index contributed by atoms with van der Waals surface area (Å²) in [5.74, 6) is 0. The maximum Gasteiger partial charge on any atom is 0.0548 e. The molecule has 0 aliphatic carbocycles. The van der Waals surface area contributed by atoms with Crippen LogP contribution in [0.5, 0.6) is 0 Å². The number of halogens is 2. The van der Waals surface area contributed by atoms with Gasteiger partial charge in [-0.15, -0.1) is 11.8 Å². The van der Waals surface area contributed by atoms with E-state index >= 15 is 0 Å². The average Bonchev–Trinajstić information content (AvgIpc) is 1.95. The van der Waals surface area contributed by atoms with Crippen molar-refractivity contribution in [3.63, 3.8) is 0 Å². The lowest BCUT2D eigenvalue weighted by molar-refractivity contribution is 1.44.